The summed E-state index contributed by atoms with van der Waals surface area (Å²) in [5, 5.41) is 11.7. The van der Waals surface area contributed by atoms with Crippen LogP contribution in [0.2, 0.25) is 0 Å². The summed E-state index contributed by atoms with van der Waals surface area (Å²) in [6, 6.07) is 4.37. The van der Waals surface area contributed by atoms with Gasteiger partial charge in [0.15, 0.2) is 0 Å². The highest BCUT2D eigenvalue weighted by Crippen LogP contribution is 2.29. The van der Waals surface area contributed by atoms with Gasteiger partial charge in [-0.2, -0.15) is 13.2 Å². The fourth-order valence-electron chi connectivity index (χ4n) is 1.82. The molecule has 0 radical (unpaired) electrons. The molecular weight excluding hydrogens is 271 g/mol. The molecule has 0 amide bonds. The minimum absolute atomic E-state index is 0.0246. The predicted molar refractivity (Wildman–Crippen MR) is 69.5 cm³/mol. The van der Waals surface area contributed by atoms with Crippen LogP contribution in [0.1, 0.15) is 31.4 Å². The zero-order chi connectivity index (χ0) is 15.3. The van der Waals surface area contributed by atoms with Crippen LogP contribution in [0, 0.1) is 0 Å². The maximum Gasteiger partial charge on any atom is 0.416 e. The van der Waals surface area contributed by atoms with E-state index in [-0.39, 0.29) is 6.04 Å². The molecule has 112 valence electrons. The van der Waals surface area contributed by atoms with E-state index in [1.165, 1.54) is 12.1 Å². The molecule has 0 heterocycles. The van der Waals surface area contributed by atoms with Crippen LogP contribution in [0.25, 0.3) is 0 Å². The zero-order valence-electron chi connectivity index (χ0n) is 11.4. The third-order valence-corrected chi connectivity index (χ3v) is 3.05. The van der Waals surface area contributed by atoms with Crippen molar-refractivity contribution in [3.63, 3.8) is 0 Å². The minimum atomic E-state index is -4.32. The van der Waals surface area contributed by atoms with Gasteiger partial charge in [-0.25, -0.2) is 0 Å². The van der Waals surface area contributed by atoms with Crippen LogP contribution in [0.5, 0.6) is 0 Å². The van der Waals surface area contributed by atoms with Crippen molar-refractivity contribution in [2.24, 2.45) is 0 Å². The lowest BCUT2D eigenvalue weighted by atomic mass is 10.0. The monoisotopic (exact) mass is 289 g/mol. The molecule has 0 spiro atoms. The maximum atomic E-state index is 12.4. The Morgan fingerprint density at radius 2 is 1.80 bits per heavy atom. The van der Waals surface area contributed by atoms with Crippen LogP contribution in [0.4, 0.5) is 13.2 Å². The van der Waals surface area contributed by atoms with Crippen LogP contribution in [0.15, 0.2) is 24.3 Å². The number of hydrogen-bond donors (Lipinski definition) is 2. The van der Waals surface area contributed by atoms with E-state index in [1.54, 1.807) is 6.92 Å². The summed E-state index contributed by atoms with van der Waals surface area (Å²) >= 11 is 0. The van der Waals surface area contributed by atoms with Gasteiger partial charge >= 0.3 is 12.1 Å². The van der Waals surface area contributed by atoms with E-state index in [2.05, 4.69) is 5.32 Å². The highest BCUT2D eigenvalue weighted by molar-refractivity contribution is 5.72. The summed E-state index contributed by atoms with van der Waals surface area (Å²) in [7, 11) is 0. The second-order valence-electron chi connectivity index (χ2n) is 4.86. The third-order valence-electron chi connectivity index (χ3n) is 3.05. The van der Waals surface area contributed by atoms with Gasteiger partial charge in [0.2, 0.25) is 0 Å². The van der Waals surface area contributed by atoms with Crippen molar-refractivity contribution in [2.45, 2.75) is 44.9 Å². The van der Waals surface area contributed by atoms with Gasteiger partial charge in [0, 0.05) is 6.04 Å². The molecule has 0 saturated heterocycles. The topological polar surface area (TPSA) is 49.3 Å². The first-order chi connectivity index (χ1) is 9.20. The zero-order valence-corrected chi connectivity index (χ0v) is 11.4. The second kappa shape index (κ2) is 6.74. The van der Waals surface area contributed by atoms with E-state index < -0.39 is 23.8 Å². The van der Waals surface area contributed by atoms with Crippen LogP contribution >= 0.6 is 0 Å². The number of benzene rings is 1. The van der Waals surface area contributed by atoms with Gasteiger partial charge in [-0.15, -0.1) is 0 Å². The first-order valence-electron chi connectivity index (χ1n) is 6.35. The van der Waals surface area contributed by atoms with Crippen molar-refractivity contribution in [3.05, 3.63) is 35.4 Å². The van der Waals surface area contributed by atoms with Crippen LogP contribution in [-0.4, -0.2) is 23.2 Å². The fraction of sp³-hybridized carbons (Fsp3) is 0.500. The number of aliphatic carboxylic acids is 1. The molecule has 1 aromatic carbocycles. The number of carboxylic acid groups (broad SMARTS) is 1. The average molecular weight is 289 g/mol. The molecule has 0 aliphatic heterocycles. The van der Waals surface area contributed by atoms with Gasteiger partial charge in [0.25, 0.3) is 0 Å². The van der Waals surface area contributed by atoms with E-state index in [1.807, 2.05) is 6.92 Å². The maximum absolute atomic E-state index is 12.4. The van der Waals surface area contributed by atoms with Gasteiger partial charge in [0.05, 0.1) is 5.56 Å². The molecule has 0 fully saturated rings. The Hall–Kier alpha value is -1.56. The molecule has 2 N–H and O–H groups in total. The molecule has 1 aromatic rings. The Morgan fingerprint density at radius 1 is 1.25 bits per heavy atom. The Bertz CT molecular complexity index is 443. The fourth-order valence-corrected chi connectivity index (χ4v) is 1.82. The molecule has 2 atom stereocenters. The molecule has 0 aliphatic rings. The molecular formula is C14H18F3NO2. The Balaban J connectivity index is 2.48. The molecule has 1 rings (SSSR count). The summed E-state index contributed by atoms with van der Waals surface area (Å²) in [4.78, 5) is 10.7. The Kier molecular flexibility index (Phi) is 5.56. The molecule has 1 unspecified atom stereocenters. The van der Waals surface area contributed by atoms with Crippen molar-refractivity contribution >= 4 is 5.97 Å². The number of alkyl halides is 3. The van der Waals surface area contributed by atoms with E-state index in [0.717, 1.165) is 17.7 Å². The molecule has 0 aliphatic carbocycles. The van der Waals surface area contributed by atoms with Crippen molar-refractivity contribution in [1.29, 1.82) is 0 Å². The molecule has 0 saturated carbocycles. The lowest BCUT2D eigenvalue weighted by Gasteiger charge is -2.17. The first kappa shape index (κ1) is 16.5. The van der Waals surface area contributed by atoms with Crippen molar-refractivity contribution in [2.75, 3.05) is 0 Å². The largest absolute Gasteiger partial charge is 0.480 e. The van der Waals surface area contributed by atoms with E-state index in [9.17, 15) is 18.0 Å². The lowest BCUT2D eigenvalue weighted by molar-refractivity contribution is -0.139. The van der Waals surface area contributed by atoms with Crippen LogP contribution in [0.3, 0.4) is 0 Å². The van der Waals surface area contributed by atoms with Gasteiger partial charge in [0.1, 0.15) is 6.04 Å². The first-order valence-corrected chi connectivity index (χ1v) is 6.35. The second-order valence-corrected chi connectivity index (χ2v) is 4.86. The molecule has 20 heavy (non-hydrogen) atoms. The Labute approximate surface area is 115 Å². The molecule has 0 bridgehead atoms. The standard InChI is InChI=1S/C14H18F3NO2/c1-9(18-10(2)13(19)20)3-4-11-5-7-12(8-6-11)14(15,16)17/h5-10,18H,3-4H2,1-2H3,(H,19,20)/t9?,10-/m0/s1. The van der Waals surface area contributed by atoms with Crippen LogP contribution < -0.4 is 5.32 Å². The summed E-state index contributed by atoms with van der Waals surface area (Å²) < 4.78 is 37.2. The predicted octanol–water partition coefficient (Wildman–Crippen LogP) is 3.09. The quantitative estimate of drug-likeness (QED) is 0.846. The summed E-state index contributed by atoms with van der Waals surface area (Å²) in [6.45, 7) is 3.40. The summed E-state index contributed by atoms with van der Waals surface area (Å²) in [5.74, 6) is -0.925. The summed E-state index contributed by atoms with van der Waals surface area (Å²) in [5.41, 5.74) is 0.140. The molecule has 3 nitrogen and oxygen atoms in total. The van der Waals surface area contributed by atoms with Crippen molar-refractivity contribution in [1.82, 2.24) is 5.32 Å². The molecule has 0 aromatic heterocycles. The smallest absolute Gasteiger partial charge is 0.416 e. The minimum Gasteiger partial charge on any atom is -0.480 e. The van der Waals surface area contributed by atoms with E-state index in [4.69, 9.17) is 5.11 Å². The normalized spacial score (nSPS) is 14.8. The average Bonchev–Trinajstić information content (AvgIpc) is 2.35. The van der Waals surface area contributed by atoms with Gasteiger partial charge in [-0.3, -0.25) is 4.79 Å². The van der Waals surface area contributed by atoms with Crippen molar-refractivity contribution < 1.29 is 23.1 Å². The lowest BCUT2D eigenvalue weighted by Crippen LogP contribution is -2.40. The van der Waals surface area contributed by atoms with Crippen LogP contribution in [-0.2, 0) is 17.4 Å². The van der Waals surface area contributed by atoms with E-state index >= 15 is 0 Å². The SMILES string of the molecule is CC(CCc1ccc(C(F)(F)F)cc1)N[C@@H](C)C(=O)O. The Morgan fingerprint density at radius 3 is 2.25 bits per heavy atom. The number of carbonyl (C=O) groups is 1. The highest BCUT2D eigenvalue weighted by Gasteiger charge is 2.29. The van der Waals surface area contributed by atoms with Gasteiger partial charge in [-0.1, -0.05) is 12.1 Å². The third kappa shape index (κ3) is 5.21. The number of aryl methyl sites for hydroxylation is 1. The van der Waals surface area contributed by atoms with Crippen molar-refractivity contribution in [3.8, 4) is 0 Å². The van der Waals surface area contributed by atoms with Gasteiger partial charge in [-0.05, 0) is 44.4 Å². The van der Waals surface area contributed by atoms with E-state index in [0.29, 0.717) is 12.8 Å². The number of nitrogens with one attached hydrogen (secondary N) is 1. The number of rotatable bonds is 6. The molecule has 6 heteroatoms. The number of halogens is 3. The van der Waals surface area contributed by atoms with Gasteiger partial charge < -0.3 is 10.4 Å². The number of carboxylic acids is 1. The number of hydrogen-bond acceptors (Lipinski definition) is 2. The highest BCUT2D eigenvalue weighted by atomic mass is 19.4. The summed E-state index contributed by atoms with van der Waals surface area (Å²) in [6.07, 6.45) is -3.06.